The topological polar surface area (TPSA) is 53.0 Å². The van der Waals surface area contributed by atoms with E-state index in [1.165, 1.54) is 5.69 Å². The first-order valence-electron chi connectivity index (χ1n) is 8.42. The molecule has 1 unspecified atom stereocenters. The third-order valence-electron chi connectivity index (χ3n) is 5.02. The Morgan fingerprint density at radius 2 is 2.25 bits per heavy atom. The monoisotopic (exact) mass is 336 g/mol. The van der Waals surface area contributed by atoms with E-state index in [0.29, 0.717) is 13.1 Å². The van der Waals surface area contributed by atoms with Crippen molar-refractivity contribution in [2.45, 2.75) is 44.4 Å². The minimum absolute atomic E-state index is 0.0248. The van der Waals surface area contributed by atoms with Crippen molar-refractivity contribution in [3.05, 3.63) is 35.9 Å². The third kappa shape index (κ3) is 3.34. The van der Waals surface area contributed by atoms with E-state index < -0.39 is 5.92 Å². The SMILES string of the molecule is FC1(F)CCN(CC2CCn3nccc3CN2Cc2cn[nH]c2)C1. The van der Waals surface area contributed by atoms with Gasteiger partial charge in [-0.2, -0.15) is 10.2 Å². The van der Waals surface area contributed by atoms with Crippen LogP contribution in [0.2, 0.25) is 0 Å². The minimum Gasteiger partial charge on any atom is -0.296 e. The first-order chi connectivity index (χ1) is 11.6. The molecule has 0 saturated carbocycles. The highest BCUT2D eigenvalue weighted by Gasteiger charge is 2.39. The maximum absolute atomic E-state index is 13.5. The van der Waals surface area contributed by atoms with Crippen molar-refractivity contribution in [2.24, 2.45) is 0 Å². The smallest absolute Gasteiger partial charge is 0.261 e. The number of nitrogens with one attached hydrogen (secondary N) is 1. The number of aryl methyl sites for hydroxylation is 1. The third-order valence-corrected chi connectivity index (χ3v) is 5.02. The highest BCUT2D eigenvalue weighted by atomic mass is 19.3. The fraction of sp³-hybridized carbons (Fsp3) is 0.625. The molecule has 0 radical (unpaired) electrons. The van der Waals surface area contributed by atoms with Crippen molar-refractivity contribution in [1.29, 1.82) is 0 Å². The molecule has 4 heterocycles. The average Bonchev–Trinajstić information content (AvgIpc) is 3.24. The van der Waals surface area contributed by atoms with Gasteiger partial charge in [-0.15, -0.1) is 0 Å². The highest BCUT2D eigenvalue weighted by Crippen LogP contribution is 2.28. The molecule has 2 aromatic heterocycles. The zero-order valence-electron chi connectivity index (χ0n) is 13.5. The first-order valence-corrected chi connectivity index (χ1v) is 8.42. The van der Waals surface area contributed by atoms with E-state index in [1.807, 2.05) is 34.2 Å². The zero-order valence-corrected chi connectivity index (χ0v) is 13.5. The number of H-pyrrole nitrogens is 1. The molecule has 2 aliphatic heterocycles. The van der Waals surface area contributed by atoms with Gasteiger partial charge in [0.05, 0.1) is 18.4 Å². The molecule has 0 aliphatic carbocycles. The fourth-order valence-corrected chi connectivity index (χ4v) is 3.74. The molecular formula is C16H22F2N6. The summed E-state index contributed by atoms with van der Waals surface area (Å²) in [6.07, 6.45) is 6.43. The molecule has 1 atom stereocenters. The van der Waals surface area contributed by atoms with Gasteiger partial charge in [0.25, 0.3) is 5.92 Å². The second-order valence-corrected chi connectivity index (χ2v) is 6.84. The summed E-state index contributed by atoms with van der Waals surface area (Å²) >= 11 is 0. The summed E-state index contributed by atoms with van der Waals surface area (Å²) in [5.41, 5.74) is 2.28. The van der Waals surface area contributed by atoms with Crippen molar-refractivity contribution < 1.29 is 8.78 Å². The zero-order chi connectivity index (χ0) is 16.6. The molecule has 2 aliphatic rings. The molecule has 1 fully saturated rings. The number of likely N-dealkylation sites (tertiary alicyclic amines) is 1. The highest BCUT2D eigenvalue weighted by molar-refractivity contribution is 5.07. The van der Waals surface area contributed by atoms with E-state index in [2.05, 4.69) is 20.2 Å². The van der Waals surface area contributed by atoms with Gasteiger partial charge in [-0.25, -0.2) is 8.78 Å². The number of hydrogen-bond acceptors (Lipinski definition) is 4. The Hall–Kier alpha value is -1.80. The molecular weight excluding hydrogens is 314 g/mol. The molecule has 4 rings (SSSR count). The van der Waals surface area contributed by atoms with Crippen molar-refractivity contribution in [2.75, 3.05) is 19.6 Å². The standard InChI is InChI=1S/C16H22F2N6/c17-16(18)3-6-22(12-16)10-14-2-5-24-15(1-4-21-24)11-23(14)9-13-7-19-20-8-13/h1,4,7-8,14H,2-3,5-6,9-12H2,(H,19,20). The lowest BCUT2D eigenvalue weighted by Crippen LogP contribution is -2.42. The Bertz CT molecular complexity index is 668. The molecule has 0 spiro atoms. The summed E-state index contributed by atoms with van der Waals surface area (Å²) in [5, 5.41) is 11.2. The minimum atomic E-state index is -2.53. The summed E-state index contributed by atoms with van der Waals surface area (Å²) in [6, 6.07) is 2.27. The number of nitrogens with zero attached hydrogens (tertiary/aromatic N) is 5. The normalized spacial score (nSPS) is 24.8. The van der Waals surface area contributed by atoms with Gasteiger partial charge in [-0.05, 0) is 12.5 Å². The quantitative estimate of drug-likeness (QED) is 0.924. The number of aromatic nitrogens is 4. The summed E-state index contributed by atoms with van der Waals surface area (Å²) < 4.78 is 29.1. The van der Waals surface area contributed by atoms with Crippen LogP contribution in [0.15, 0.2) is 24.7 Å². The van der Waals surface area contributed by atoms with E-state index in [-0.39, 0.29) is 19.0 Å². The molecule has 0 aromatic carbocycles. The van der Waals surface area contributed by atoms with Gasteiger partial charge >= 0.3 is 0 Å². The lowest BCUT2D eigenvalue weighted by Gasteiger charge is -2.32. The second-order valence-electron chi connectivity index (χ2n) is 6.84. The van der Waals surface area contributed by atoms with Crippen LogP contribution in [0, 0.1) is 0 Å². The van der Waals surface area contributed by atoms with E-state index in [1.54, 1.807) is 0 Å². The number of halogens is 2. The predicted molar refractivity (Wildman–Crippen MR) is 84.5 cm³/mol. The van der Waals surface area contributed by atoms with Crippen LogP contribution in [-0.4, -0.2) is 61.4 Å². The Labute approximate surface area is 139 Å². The first kappa shape index (κ1) is 15.7. The van der Waals surface area contributed by atoms with E-state index in [4.69, 9.17) is 0 Å². The van der Waals surface area contributed by atoms with Gasteiger partial charge in [0.15, 0.2) is 0 Å². The van der Waals surface area contributed by atoms with E-state index >= 15 is 0 Å². The Morgan fingerprint density at radius 3 is 3.00 bits per heavy atom. The molecule has 1 saturated heterocycles. The van der Waals surface area contributed by atoms with Gasteiger partial charge in [0, 0.05) is 63.1 Å². The number of aromatic amines is 1. The predicted octanol–water partition coefficient (Wildman–Crippen LogP) is 1.72. The Morgan fingerprint density at radius 1 is 1.33 bits per heavy atom. The van der Waals surface area contributed by atoms with Crippen molar-refractivity contribution in [1.82, 2.24) is 29.8 Å². The van der Waals surface area contributed by atoms with E-state index in [9.17, 15) is 8.78 Å². The molecule has 1 N–H and O–H groups in total. The van der Waals surface area contributed by atoms with Gasteiger partial charge in [0.1, 0.15) is 0 Å². The lowest BCUT2D eigenvalue weighted by atomic mass is 10.1. The van der Waals surface area contributed by atoms with Crippen LogP contribution in [-0.2, 0) is 19.6 Å². The summed E-state index contributed by atoms with van der Waals surface area (Å²) in [5.74, 6) is -2.53. The second kappa shape index (κ2) is 6.25. The molecule has 6 nitrogen and oxygen atoms in total. The van der Waals surface area contributed by atoms with Crippen LogP contribution in [0.4, 0.5) is 8.78 Å². The number of alkyl halides is 2. The van der Waals surface area contributed by atoms with Gasteiger partial charge in [-0.1, -0.05) is 0 Å². The number of hydrogen-bond donors (Lipinski definition) is 1. The van der Waals surface area contributed by atoms with Crippen molar-refractivity contribution in [3.8, 4) is 0 Å². The van der Waals surface area contributed by atoms with Crippen LogP contribution >= 0.6 is 0 Å². The molecule has 24 heavy (non-hydrogen) atoms. The molecule has 130 valence electrons. The Kier molecular flexibility index (Phi) is 4.09. The van der Waals surface area contributed by atoms with Crippen LogP contribution in [0.25, 0.3) is 0 Å². The Balaban J connectivity index is 1.50. The van der Waals surface area contributed by atoms with Crippen LogP contribution in [0.3, 0.4) is 0 Å². The van der Waals surface area contributed by atoms with Crippen LogP contribution in [0.5, 0.6) is 0 Å². The average molecular weight is 336 g/mol. The van der Waals surface area contributed by atoms with Crippen molar-refractivity contribution >= 4 is 0 Å². The molecule has 8 heteroatoms. The van der Waals surface area contributed by atoms with Crippen LogP contribution in [0.1, 0.15) is 24.1 Å². The van der Waals surface area contributed by atoms with Crippen molar-refractivity contribution in [3.63, 3.8) is 0 Å². The fourth-order valence-electron chi connectivity index (χ4n) is 3.74. The molecule has 0 bridgehead atoms. The van der Waals surface area contributed by atoms with Gasteiger partial charge in [0.2, 0.25) is 0 Å². The maximum atomic E-state index is 13.5. The largest absolute Gasteiger partial charge is 0.296 e. The maximum Gasteiger partial charge on any atom is 0.261 e. The number of fused-ring (bicyclic) bond motifs is 1. The van der Waals surface area contributed by atoms with Gasteiger partial charge in [-0.3, -0.25) is 19.6 Å². The van der Waals surface area contributed by atoms with E-state index in [0.717, 1.165) is 31.6 Å². The van der Waals surface area contributed by atoms with Gasteiger partial charge < -0.3 is 0 Å². The molecule has 2 aromatic rings. The summed E-state index contributed by atoms with van der Waals surface area (Å²) in [6.45, 7) is 3.41. The number of rotatable bonds is 4. The summed E-state index contributed by atoms with van der Waals surface area (Å²) in [7, 11) is 0. The lowest BCUT2D eigenvalue weighted by molar-refractivity contribution is 0.00864. The van der Waals surface area contributed by atoms with Crippen LogP contribution < -0.4 is 0 Å². The summed E-state index contributed by atoms with van der Waals surface area (Å²) in [4.78, 5) is 4.27. The molecule has 0 amide bonds.